The lowest BCUT2D eigenvalue weighted by molar-refractivity contribution is -0.143. The summed E-state index contributed by atoms with van der Waals surface area (Å²) in [7, 11) is -3.28. The molecule has 0 aromatic rings. The van der Waals surface area contributed by atoms with E-state index in [1.165, 1.54) is 4.90 Å². The van der Waals surface area contributed by atoms with Crippen LogP contribution in [0.25, 0.3) is 0 Å². The second-order valence-corrected chi connectivity index (χ2v) is 7.75. The Morgan fingerprint density at radius 1 is 1.40 bits per heavy atom. The van der Waals surface area contributed by atoms with Crippen LogP contribution in [-0.2, 0) is 19.4 Å². The topological polar surface area (TPSA) is 104 Å². The van der Waals surface area contributed by atoms with Crippen molar-refractivity contribution in [2.24, 2.45) is 0 Å². The van der Waals surface area contributed by atoms with Crippen molar-refractivity contribution < 1.29 is 23.1 Å². The highest BCUT2D eigenvalue weighted by Gasteiger charge is 2.40. The number of hydrogen-bond donors (Lipinski definition) is 2. The number of sulfone groups is 1. The average molecular weight is 306 g/mol. The fourth-order valence-corrected chi connectivity index (χ4v) is 3.93. The minimum Gasteiger partial charge on any atom is -0.481 e. The highest BCUT2D eigenvalue weighted by molar-refractivity contribution is 7.91. The van der Waals surface area contributed by atoms with Crippen molar-refractivity contribution in [1.82, 2.24) is 10.2 Å². The van der Waals surface area contributed by atoms with Gasteiger partial charge in [-0.3, -0.25) is 9.59 Å². The lowest BCUT2D eigenvalue weighted by atomic mass is 10.0. The van der Waals surface area contributed by atoms with Gasteiger partial charge < -0.3 is 15.3 Å². The van der Waals surface area contributed by atoms with Gasteiger partial charge in [0.2, 0.25) is 5.91 Å². The Bertz CT molecular complexity index is 486. The zero-order chi connectivity index (χ0) is 15.6. The van der Waals surface area contributed by atoms with Gasteiger partial charge in [0.15, 0.2) is 9.84 Å². The Morgan fingerprint density at radius 2 is 2.00 bits per heavy atom. The molecule has 0 aromatic heterocycles. The number of likely N-dealkylation sites (N-methyl/N-ethyl adjacent to an activating group) is 1. The molecule has 1 unspecified atom stereocenters. The first kappa shape index (κ1) is 16.9. The van der Waals surface area contributed by atoms with Crippen molar-refractivity contribution in [1.29, 1.82) is 0 Å². The predicted octanol–water partition coefficient (Wildman–Crippen LogP) is -0.525. The number of hydrogen-bond acceptors (Lipinski definition) is 5. The summed E-state index contributed by atoms with van der Waals surface area (Å²) in [5.74, 6) is -1.77. The summed E-state index contributed by atoms with van der Waals surface area (Å²) in [4.78, 5) is 24.7. The molecule has 1 aliphatic heterocycles. The number of aliphatic carboxylic acids is 1. The molecular formula is C12H22N2O5S. The molecule has 2 N–H and O–H groups in total. The molecule has 20 heavy (non-hydrogen) atoms. The van der Waals surface area contributed by atoms with Gasteiger partial charge in [0.25, 0.3) is 0 Å². The predicted molar refractivity (Wildman–Crippen MR) is 74.2 cm³/mol. The van der Waals surface area contributed by atoms with Crippen LogP contribution in [0.4, 0.5) is 0 Å². The molecule has 0 spiro atoms. The fourth-order valence-electron chi connectivity index (χ4n) is 2.40. The van der Waals surface area contributed by atoms with E-state index in [-0.39, 0.29) is 30.4 Å². The van der Waals surface area contributed by atoms with E-state index in [9.17, 15) is 18.0 Å². The number of carboxylic acid groups (broad SMARTS) is 1. The molecule has 8 heteroatoms. The Balaban J connectivity index is 2.95. The highest BCUT2D eigenvalue weighted by Crippen LogP contribution is 2.19. The maximum atomic E-state index is 12.5. The van der Waals surface area contributed by atoms with Crippen LogP contribution in [0.1, 0.15) is 27.2 Å². The smallest absolute Gasteiger partial charge is 0.305 e. The third-order valence-corrected chi connectivity index (χ3v) is 5.05. The first-order chi connectivity index (χ1) is 9.09. The van der Waals surface area contributed by atoms with Crippen molar-refractivity contribution >= 4 is 21.7 Å². The Morgan fingerprint density at radius 3 is 2.50 bits per heavy atom. The van der Waals surface area contributed by atoms with E-state index in [0.717, 1.165) is 0 Å². The minimum absolute atomic E-state index is 0.0495. The van der Waals surface area contributed by atoms with E-state index < -0.39 is 27.4 Å². The van der Waals surface area contributed by atoms with Gasteiger partial charge in [0.1, 0.15) is 0 Å². The highest BCUT2D eigenvalue weighted by atomic mass is 32.2. The molecule has 0 bridgehead atoms. The standard InChI is InChI=1S/C12H22N2O5S/c1-4-13-12(2,3)11(17)14-5-6-20(18,19)8-9(14)7-10(15)16/h9,13H,4-8H2,1-3H3,(H,15,16). The van der Waals surface area contributed by atoms with Gasteiger partial charge in [0.05, 0.1) is 29.5 Å². The zero-order valence-electron chi connectivity index (χ0n) is 12.0. The fraction of sp³-hybridized carbons (Fsp3) is 0.833. The third kappa shape index (κ3) is 4.17. The molecule has 1 atom stereocenters. The molecule has 0 aliphatic carbocycles. The molecule has 0 saturated carbocycles. The summed E-state index contributed by atoms with van der Waals surface area (Å²) >= 11 is 0. The number of carboxylic acids is 1. The van der Waals surface area contributed by atoms with E-state index >= 15 is 0 Å². The van der Waals surface area contributed by atoms with Crippen LogP contribution in [0.15, 0.2) is 0 Å². The van der Waals surface area contributed by atoms with Gasteiger partial charge in [0, 0.05) is 6.54 Å². The lowest BCUT2D eigenvalue weighted by Gasteiger charge is -2.39. The molecule has 1 amide bonds. The first-order valence-corrected chi connectivity index (χ1v) is 8.39. The minimum atomic E-state index is -3.28. The summed E-state index contributed by atoms with van der Waals surface area (Å²) in [5, 5.41) is 11.9. The Kier molecular flexibility index (Phi) is 5.15. The van der Waals surface area contributed by atoms with Gasteiger partial charge in [-0.1, -0.05) is 6.92 Å². The van der Waals surface area contributed by atoms with Crippen molar-refractivity contribution in [2.75, 3.05) is 24.6 Å². The maximum Gasteiger partial charge on any atom is 0.305 e. The molecule has 7 nitrogen and oxygen atoms in total. The van der Waals surface area contributed by atoms with Crippen LogP contribution < -0.4 is 5.32 Å². The average Bonchev–Trinajstić information content (AvgIpc) is 2.26. The van der Waals surface area contributed by atoms with Gasteiger partial charge >= 0.3 is 5.97 Å². The van der Waals surface area contributed by atoms with Gasteiger partial charge in [-0.2, -0.15) is 0 Å². The number of carbonyl (C=O) groups is 2. The van der Waals surface area contributed by atoms with Crippen molar-refractivity contribution in [3.05, 3.63) is 0 Å². The van der Waals surface area contributed by atoms with E-state index in [0.29, 0.717) is 6.54 Å². The van der Waals surface area contributed by atoms with Crippen LogP contribution in [0.2, 0.25) is 0 Å². The van der Waals surface area contributed by atoms with Crippen LogP contribution in [0.5, 0.6) is 0 Å². The second kappa shape index (κ2) is 6.09. The van der Waals surface area contributed by atoms with E-state index in [1.807, 2.05) is 6.92 Å². The normalized spacial score (nSPS) is 22.6. The zero-order valence-corrected chi connectivity index (χ0v) is 12.9. The van der Waals surface area contributed by atoms with Crippen LogP contribution in [0.3, 0.4) is 0 Å². The third-order valence-electron chi connectivity index (χ3n) is 3.35. The molecular weight excluding hydrogens is 284 g/mol. The number of carbonyl (C=O) groups excluding carboxylic acids is 1. The quantitative estimate of drug-likeness (QED) is 0.708. The van der Waals surface area contributed by atoms with Gasteiger partial charge in [-0.15, -0.1) is 0 Å². The summed E-state index contributed by atoms with van der Waals surface area (Å²) in [5.41, 5.74) is -0.841. The number of rotatable bonds is 5. The summed E-state index contributed by atoms with van der Waals surface area (Å²) < 4.78 is 23.3. The van der Waals surface area contributed by atoms with Crippen molar-refractivity contribution in [3.63, 3.8) is 0 Å². The molecule has 0 radical (unpaired) electrons. The SMILES string of the molecule is CCNC(C)(C)C(=O)N1CCS(=O)(=O)CC1CC(=O)O. The van der Waals surface area contributed by atoms with E-state index in [1.54, 1.807) is 13.8 Å². The van der Waals surface area contributed by atoms with Crippen LogP contribution >= 0.6 is 0 Å². The van der Waals surface area contributed by atoms with Crippen LogP contribution in [0, 0.1) is 0 Å². The van der Waals surface area contributed by atoms with Crippen molar-refractivity contribution in [3.8, 4) is 0 Å². The molecule has 1 heterocycles. The molecule has 1 fully saturated rings. The summed E-state index contributed by atoms with van der Waals surface area (Å²) in [6.45, 7) is 5.92. The number of amides is 1. The maximum absolute atomic E-state index is 12.5. The Labute approximate surface area is 119 Å². The first-order valence-electron chi connectivity index (χ1n) is 6.57. The molecule has 0 aromatic carbocycles. The number of nitrogens with one attached hydrogen (secondary N) is 1. The molecule has 1 rings (SSSR count). The van der Waals surface area contributed by atoms with E-state index in [2.05, 4.69) is 5.32 Å². The second-order valence-electron chi connectivity index (χ2n) is 5.52. The lowest BCUT2D eigenvalue weighted by Crippen LogP contribution is -2.60. The summed E-state index contributed by atoms with van der Waals surface area (Å²) in [6, 6.07) is -0.795. The molecule has 1 aliphatic rings. The molecule has 116 valence electrons. The largest absolute Gasteiger partial charge is 0.481 e. The van der Waals surface area contributed by atoms with E-state index in [4.69, 9.17) is 5.11 Å². The van der Waals surface area contributed by atoms with Crippen LogP contribution in [-0.4, -0.2) is 66.5 Å². The summed E-state index contributed by atoms with van der Waals surface area (Å²) in [6.07, 6.45) is -0.354. The Hall–Kier alpha value is -1.15. The van der Waals surface area contributed by atoms with Gasteiger partial charge in [-0.05, 0) is 20.4 Å². The van der Waals surface area contributed by atoms with Crippen molar-refractivity contribution in [2.45, 2.75) is 38.8 Å². The number of nitrogens with zero attached hydrogens (tertiary/aromatic N) is 1. The molecule has 1 saturated heterocycles. The monoisotopic (exact) mass is 306 g/mol. The van der Waals surface area contributed by atoms with Gasteiger partial charge in [-0.25, -0.2) is 8.42 Å².